The number of hydrogen-bond acceptors (Lipinski definition) is 3. The summed E-state index contributed by atoms with van der Waals surface area (Å²) >= 11 is 0. The third-order valence-corrected chi connectivity index (χ3v) is 2.49. The highest BCUT2D eigenvalue weighted by Gasteiger charge is 2.31. The second-order valence-corrected chi connectivity index (χ2v) is 5.14. The summed E-state index contributed by atoms with van der Waals surface area (Å²) in [6.07, 6.45) is 2.34. The minimum absolute atomic E-state index is 0.0468. The van der Waals surface area contributed by atoms with Crippen molar-refractivity contribution in [3.8, 4) is 0 Å². The van der Waals surface area contributed by atoms with E-state index in [1.54, 1.807) is 4.90 Å². The molecule has 92 valence electrons. The number of amides is 1. The lowest BCUT2D eigenvalue weighted by molar-refractivity contribution is 0.0165. The number of nitrogens with one attached hydrogen (secondary N) is 1. The first kappa shape index (κ1) is 12.8. The topological polar surface area (TPSA) is 79.4 Å². The van der Waals surface area contributed by atoms with Crippen molar-refractivity contribution >= 4 is 11.9 Å². The third kappa shape index (κ3) is 3.40. The summed E-state index contributed by atoms with van der Waals surface area (Å²) < 4.78 is 5.29. The summed E-state index contributed by atoms with van der Waals surface area (Å²) in [5, 5.41) is 7.47. The summed E-state index contributed by atoms with van der Waals surface area (Å²) in [6, 6.07) is -0.288. The molecule has 1 unspecified atom stereocenters. The fourth-order valence-corrected chi connectivity index (χ4v) is 1.79. The number of likely N-dealkylation sites (tertiary alicyclic amines) is 1. The predicted molar refractivity (Wildman–Crippen MR) is 62.5 cm³/mol. The van der Waals surface area contributed by atoms with Gasteiger partial charge >= 0.3 is 6.09 Å². The lowest BCUT2D eigenvalue weighted by atomic mass is 10.0. The van der Waals surface area contributed by atoms with Gasteiger partial charge in [0.25, 0.3) is 0 Å². The van der Waals surface area contributed by atoms with Crippen molar-refractivity contribution in [1.82, 2.24) is 4.90 Å². The zero-order valence-electron chi connectivity index (χ0n) is 10.2. The molecule has 0 spiro atoms. The average molecular weight is 227 g/mol. The molecule has 0 aromatic carbocycles. The van der Waals surface area contributed by atoms with E-state index in [1.165, 1.54) is 0 Å². The number of nitrogens with zero attached hydrogens (tertiary/aromatic N) is 1. The molecular formula is C11H21N3O2. The van der Waals surface area contributed by atoms with Crippen LogP contribution in [0, 0.1) is 5.41 Å². The molecule has 0 aliphatic carbocycles. The van der Waals surface area contributed by atoms with Crippen LogP contribution in [0.1, 0.15) is 40.0 Å². The summed E-state index contributed by atoms with van der Waals surface area (Å²) in [4.78, 5) is 13.4. The summed E-state index contributed by atoms with van der Waals surface area (Å²) in [6.45, 7) is 6.12. The number of amidine groups is 1. The van der Waals surface area contributed by atoms with E-state index >= 15 is 0 Å². The van der Waals surface area contributed by atoms with Gasteiger partial charge in [-0.15, -0.1) is 0 Å². The van der Waals surface area contributed by atoms with Gasteiger partial charge in [0.05, 0.1) is 6.04 Å². The van der Waals surface area contributed by atoms with E-state index in [2.05, 4.69) is 0 Å². The Balaban J connectivity index is 2.68. The molecule has 0 aromatic heterocycles. The van der Waals surface area contributed by atoms with Crippen LogP contribution in [-0.2, 0) is 4.74 Å². The second-order valence-electron chi connectivity index (χ2n) is 5.14. The minimum atomic E-state index is -0.504. The van der Waals surface area contributed by atoms with Gasteiger partial charge in [0.1, 0.15) is 11.4 Å². The van der Waals surface area contributed by atoms with E-state index in [0.717, 1.165) is 19.3 Å². The summed E-state index contributed by atoms with van der Waals surface area (Å²) in [5.41, 5.74) is 4.99. The van der Waals surface area contributed by atoms with E-state index in [4.69, 9.17) is 15.9 Å². The van der Waals surface area contributed by atoms with Crippen molar-refractivity contribution in [1.29, 1.82) is 5.41 Å². The van der Waals surface area contributed by atoms with Crippen molar-refractivity contribution in [2.75, 3.05) is 6.54 Å². The molecule has 5 heteroatoms. The van der Waals surface area contributed by atoms with Gasteiger partial charge in [-0.25, -0.2) is 4.79 Å². The largest absolute Gasteiger partial charge is 0.444 e. The molecule has 1 saturated heterocycles. The highest BCUT2D eigenvalue weighted by atomic mass is 16.6. The molecule has 16 heavy (non-hydrogen) atoms. The van der Waals surface area contributed by atoms with Gasteiger partial charge in [-0.1, -0.05) is 0 Å². The highest BCUT2D eigenvalue weighted by molar-refractivity contribution is 5.86. The molecule has 0 bridgehead atoms. The molecule has 1 fully saturated rings. The molecule has 0 saturated carbocycles. The Labute approximate surface area is 96.4 Å². The predicted octanol–water partition coefficient (Wildman–Crippen LogP) is 1.71. The quantitative estimate of drug-likeness (QED) is 0.528. The first-order chi connectivity index (χ1) is 7.31. The van der Waals surface area contributed by atoms with Gasteiger partial charge in [0.15, 0.2) is 0 Å². The third-order valence-electron chi connectivity index (χ3n) is 2.49. The van der Waals surface area contributed by atoms with Crippen LogP contribution in [0.15, 0.2) is 0 Å². The molecule has 3 N–H and O–H groups in total. The first-order valence-corrected chi connectivity index (χ1v) is 5.65. The molecule has 5 nitrogen and oxygen atoms in total. The highest BCUT2D eigenvalue weighted by Crippen LogP contribution is 2.20. The van der Waals surface area contributed by atoms with Gasteiger partial charge in [-0.05, 0) is 40.0 Å². The number of carbonyl (C=O) groups is 1. The van der Waals surface area contributed by atoms with Crippen LogP contribution >= 0.6 is 0 Å². The minimum Gasteiger partial charge on any atom is -0.444 e. The number of carbonyl (C=O) groups excluding carboxylic acids is 1. The maximum atomic E-state index is 11.9. The number of ether oxygens (including phenoxy) is 1. The number of hydrogen-bond donors (Lipinski definition) is 2. The fraction of sp³-hybridized carbons (Fsp3) is 0.818. The maximum Gasteiger partial charge on any atom is 0.410 e. The molecule has 0 aromatic rings. The molecule has 1 rings (SSSR count). The Hall–Kier alpha value is -1.26. The summed E-state index contributed by atoms with van der Waals surface area (Å²) in [5.74, 6) is 0.0468. The van der Waals surface area contributed by atoms with Gasteiger partial charge in [0, 0.05) is 6.54 Å². The first-order valence-electron chi connectivity index (χ1n) is 5.65. The Morgan fingerprint density at radius 2 is 2.06 bits per heavy atom. The zero-order chi connectivity index (χ0) is 12.3. The van der Waals surface area contributed by atoms with Crippen molar-refractivity contribution in [3.05, 3.63) is 0 Å². The van der Waals surface area contributed by atoms with Crippen LogP contribution in [0.4, 0.5) is 4.79 Å². The average Bonchev–Trinajstić information content (AvgIpc) is 2.15. The Bertz CT molecular complexity index is 283. The van der Waals surface area contributed by atoms with E-state index in [-0.39, 0.29) is 18.0 Å². The molecule has 1 heterocycles. The van der Waals surface area contributed by atoms with E-state index < -0.39 is 5.60 Å². The Morgan fingerprint density at radius 1 is 1.44 bits per heavy atom. The molecule has 0 radical (unpaired) electrons. The lowest BCUT2D eigenvalue weighted by Gasteiger charge is -2.35. The van der Waals surface area contributed by atoms with Gasteiger partial charge in [-0.3, -0.25) is 10.3 Å². The van der Waals surface area contributed by atoms with E-state index in [9.17, 15) is 4.79 Å². The van der Waals surface area contributed by atoms with E-state index in [0.29, 0.717) is 6.54 Å². The van der Waals surface area contributed by atoms with Crippen molar-refractivity contribution < 1.29 is 9.53 Å². The van der Waals surface area contributed by atoms with Crippen molar-refractivity contribution in [2.24, 2.45) is 5.73 Å². The number of piperidine rings is 1. The van der Waals surface area contributed by atoms with Gasteiger partial charge in [0.2, 0.25) is 0 Å². The van der Waals surface area contributed by atoms with Crippen LogP contribution in [0.3, 0.4) is 0 Å². The van der Waals surface area contributed by atoms with Crippen LogP contribution < -0.4 is 5.73 Å². The standard InChI is InChI=1S/C11H21N3O2/c1-11(2,3)16-10(15)14-7-5-4-6-8(14)9(12)13/h8H,4-7H2,1-3H3,(H3,12,13). The Kier molecular flexibility index (Phi) is 3.78. The van der Waals surface area contributed by atoms with E-state index in [1.807, 2.05) is 20.8 Å². The summed E-state index contributed by atoms with van der Waals surface area (Å²) in [7, 11) is 0. The SMILES string of the molecule is CC(C)(C)OC(=O)N1CCCCC1C(=N)N. The fourth-order valence-electron chi connectivity index (χ4n) is 1.79. The van der Waals surface area contributed by atoms with Gasteiger partial charge < -0.3 is 10.5 Å². The van der Waals surface area contributed by atoms with Crippen LogP contribution in [0.2, 0.25) is 0 Å². The molecule has 1 aliphatic heterocycles. The zero-order valence-corrected chi connectivity index (χ0v) is 10.2. The number of nitrogens with two attached hydrogens (primary N) is 1. The van der Waals surface area contributed by atoms with Gasteiger partial charge in [-0.2, -0.15) is 0 Å². The van der Waals surface area contributed by atoms with Crippen LogP contribution in [0.25, 0.3) is 0 Å². The van der Waals surface area contributed by atoms with Crippen molar-refractivity contribution in [3.63, 3.8) is 0 Å². The lowest BCUT2D eigenvalue weighted by Crippen LogP contribution is -2.51. The normalized spacial score (nSPS) is 21.7. The molecule has 1 amide bonds. The second kappa shape index (κ2) is 4.72. The van der Waals surface area contributed by atoms with Crippen molar-refractivity contribution in [2.45, 2.75) is 51.7 Å². The monoisotopic (exact) mass is 227 g/mol. The number of rotatable bonds is 1. The van der Waals surface area contributed by atoms with Crippen LogP contribution in [-0.4, -0.2) is 35.0 Å². The maximum absolute atomic E-state index is 11.9. The smallest absolute Gasteiger partial charge is 0.410 e. The molecular weight excluding hydrogens is 206 g/mol. The molecule has 1 atom stereocenters. The molecule has 1 aliphatic rings. The Morgan fingerprint density at radius 3 is 2.56 bits per heavy atom. The van der Waals surface area contributed by atoms with Crippen LogP contribution in [0.5, 0.6) is 0 Å².